The van der Waals surface area contributed by atoms with Crippen LogP contribution in [0.25, 0.3) is 0 Å². The third-order valence-electron chi connectivity index (χ3n) is 2.26. The topological polar surface area (TPSA) is 85.8 Å². The lowest BCUT2D eigenvalue weighted by Gasteiger charge is -2.30. The Morgan fingerprint density at radius 2 is 2.29 bits per heavy atom. The normalized spacial score (nSPS) is 34.0. The van der Waals surface area contributed by atoms with Gasteiger partial charge in [0.15, 0.2) is 17.5 Å². The van der Waals surface area contributed by atoms with Crippen LogP contribution in [0.3, 0.4) is 0 Å². The third kappa shape index (κ3) is 0.910. The number of carbonyl (C=O) groups excluding carboxylic acids is 2. The summed E-state index contributed by atoms with van der Waals surface area (Å²) in [5.41, 5.74) is 2.78. The Hall–Kier alpha value is -1.44. The molecular formula is C6H7N5O2S. The maximum Gasteiger partial charge on any atom is 0.318 e. The summed E-state index contributed by atoms with van der Waals surface area (Å²) in [4.78, 5) is 24.0. The van der Waals surface area contributed by atoms with Gasteiger partial charge in [0.1, 0.15) is 0 Å². The second-order valence-corrected chi connectivity index (χ2v) is 4.06. The summed E-state index contributed by atoms with van der Waals surface area (Å²) in [7, 11) is 0. The summed E-state index contributed by atoms with van der Waals surface area (Å²) < 4.78 is 0. The molecular weight excluding hydrogens is 206 g/mol. The molecule has 0 radical (unpaired) electrons. The Bertz CT molecular complexity index is 356. The molecule has 0 aromatic rings. The van der Waals surface area contributed by atoms with Gasteiger partial charge in [0.2, 0.25) is 5.91 Å². The number of hydrazone groups is 1. The molecule has 3 heterocycles. The fraction of sp³-hybridized carbons (Fsp3) is 0.500. The smallest absolute Gasteiger partial charge is 0.314 e. The van der Waals surface area contributed by atoms with E-state index in [4.69, 9.17) is 0 Å². The molecule has 14 heavy (non-hydrogen) atoms. The van der Waals surface area contributed by atoms with E-state index in [1.165, 1.54) is 16.7 Å². The molecule has 0 bridgehead atoms. The minimum Gasteiger partial charge on any atom is -0.314 e. The number of nitrogens with zero attached hydrogens (tertiary/aromatic N) is 2. The maximum atomic E-state index is 11.5. The average molecular weight is 213 g/mol. The van der Waals surface area contributed by atoms with Crippen molar-refractivity contribution < 1.29 is 9.59 Å². The van der Waals surface area contributed by atoms with Crippen LogP contribution in [0.4, 0.5) is 4.79 Å². The highest BCUT2D eigenvalue weighted by Gasteiger charge is 2.46. The van der Waals surface area contributed by atoms with Crippen LogP contribution in [0.1, 0.15) is 0 Å². The molecule has 3 N–H and O–H groups in total. The van der Waals surface area contributed by atoms with Gasteiger partial charge in [-0.05, 0) is 0 Å². The minimum atomic E-state index is -0.350. The standard InChI is InChI=1S/C6H7N5O2S/c12-2-1-14-6-10-9-3-4(11(2)6)8-5(13)7-3/h3-4,9H,1H2,(H2,7,8,13). The molecule has 3 aliphatic heterocycles. The quantitative estimate of drug-likeness (QED) is 0.452. The molecule has 0 spiro atoms. The van der Waals surface area contributed by atoms with E-state index in [1.807, 2.05) is 0 Å². The summed E-state index contributed by atoms with van der Waals surface area (Å²) in [5.74, 6) is 0.369. The zero-order valence-corrected chi connectivity index (χ0v) is 7.80. The average Bonchev–Trinajstić information content (AvgIpc) is 2.68. The molecule has 3 aliphatic rings. The molecule has 3 amide bonds. The lowest BCUT2D eigenvalue weighted by atomic mass is 10.3. The number of thioether (sulfide) groups is 1. The number of carbonyl (C=O) groups is 2. The van der Waals surface area contributed by atoms with Crippen molar-refractivity contribution in [3.05, 3.63) is 0 Å². The predicted octanol–water partition coefficient (Wildman–Crippen LogP) is -1.60. The van der Waals surface area contributed by atoms with E-state index in [1.54, 1.807) is 0 Å². The zero-order valence-electron chi connectivity index (χ0n) is 6.98. The van der Waals surface area contributed by atoms with Gasteiger partial charge in [0, 0.05) is 0 Å². The van der Waals surface area contributed by atoms with Gasteiger partial charge in [0.05, 0.1) is 5.75 Å². The minimum absolute atomic E-state index is 0.0192. The molecule has 0 saturated carbocycles. The second-order valence-electron chi connectivity index (χ2n) is 3.12. The first-order valence-electron chi connectivity index (χ1n) is 4.11. The Labute approximate surface area is 83.3 Å². The van der Waals surface area contributed by atoms with Crippen LogP contribution >= 0.6 is 11.8 Å². The monoisotopic (exact) mass is 213 g/mol. The van der Waals surface area contributed by atoms with Crippen molar-refractivity contribution in [3.63, 3.8) is 0 Å². The summed E-state index contributed by atoms with van der Waals surface area (Å²) in [5, 5.41) is 9.90. The molecule has 0 aliphatic carbocycles. The van der Waals surface area contributed by atoms with Crippen molar-refractivity contribution in [2.75, 3.05) is 5.75 Å². The Morgan fingerprint density at radius 3 is 3.14 bits per heavy atom. The van der Waals surface area contributed by atoms with Gasteiger partial charge in [-0.15, -0.1) is 0 Å². The first-order chi connectivity index (χ1) is 6.75. The van der Waals surface area contributed by atoms with Gasteiger partial charge in [-0.3, -0.25) is 15.1 Å². The Balaban J connectivity index is 1.96. The molecule has 8 heteroatoms. The van der Waals surface area contributed by atoms with Gasteiger partial charge < -0.3 is 10.6 Å². The predicted molar refractivity (Wildman–Crippen MR) is 49.1 cm³/mol. The van der Waals surface area contributed by atoms with E-state index in [0.717, 1.165) is 0 Å². The van der Waals surface area contributed by atoms with Gasteiger partial charge in [0.25, 0.3) is 0 Å². The highest BCUT2D eigenvalue weighted by atomic mass is 32.2. The fourth-order valence-electron chi connectivity index (χ4n) is 1.65. The van der Waals surface area contributed by atoms with Crippen LogP contribution < -0.4 is 16.1 Å². The zero-order chi connectivity index (χ0) is 9.71. The lowest BCUT2D eigenvalue weighted by molar-refractivity contribution is -0.126. The number of fused-ring (bicyclic) bond motifs is 3. The van der Waals surface area contributed by atoms with Gasteiger partial charge in [-0.25, -0.2) is 4.79 Å². The van der Waals surface area contributed by atoms with Crippen LogP contribution in [0, 0.1) is 0 Å². The van der Waals surface area contributed by atoms with Gasteiger partial charge >= 0.3 is 6.03 Å². The van der Waals surface area contributed by atoms with E-state index in [0.29, 0.717) is 10.9 Å². The van der Waals surface area contributed by atoms with Crippen LogP contribution in [-0.4, -0.2) is 40.1 Å². The molecule has 7 nitrogen and oxygen atoms in total. The van der Waals surface area contributed by atoms with Crippen molar-refractivity contribution in [3.8, 4) is 0 Å². The van der Waals surface area contributed by atoms with Crippen molar-refractivity contribution in [2.45, 2.75) is 12.3 Å². The number of urea groups is 1. The highest BCUT2D eigenvalue weighted by Crippen LogP contribution is 2.25. The van der Waals surface area contributed by atoms with Crippen molar-refractivity contribution in [1.82, 2.24) is 21.0 Å². The first kappa shape index (κ1) is 7.92. The second kappa shape index (κ2) is 2.53. The van der Waals surface area contributed by atoms with E-state index >= 15 is 0 Å². The molecule has 74 valence electrons. The molecule has 0 aromatic heterocycles. The largest absolute Gasteiger partial charge is 0.318 e. The van der Waals surface area contributed by atoms with Crippen molar-refractivity contribution in [1.29, 1.82) is 0 Å². The number of hydrogen-bond donors (Lipinski definition) is 3. The molecule has 2 fully saturated rings. The first-order valence-corrected chi connectivity index (χ1v) is 5.09. The van der Waals surface area contributed by atoms with Crippen LogP contribution in [0.2, 0.25) is 0 Å². The van der Waals surface area contributed by atoms with Crippen molar-refractivity contribution >= 4 is 28.9 Å². The van der Waals surface area contributed by atoms with Crippen molar-refractivity contribution in [2.24, 2.45) is 5.10 Å². The number of rotatable bonds is 0. The van der Waals surface area contributed by atoms with Gasteiger partial charge in [-0.1, -0.05) is 11.8 Å². The summed E-state index contributed by atoms with van der Waals surface area (Å²) >= 11 is 1.37. The van der Waals surface area contributed by atoms with Crippen LogP contribution in [-0.2, 0) is 4.79 Å². The summed E-state index contributed by atoms with van der Waals surface area (Å²) in [6, 6.07) is -0.284. The molecule has 2 saturated heterocycles. The molecule has 3 rings (SSSR count). The molecule has 2 atom stereocenters. The lowest BCUT2D eigenvalue weighted by Crippen LogP contribution is -2.59. The van der Waals surface area contributed by atoms with Gasteiger partial charge in [-0.2, -0.15) is 5.10 Å². The molecule has 0 aromatic carbocycles. The Morgan fingerprint density at radius 1 is 1.43 bits per heavy atom. The SMILES string of the molecule is O=C1NC2NN=C3SCC(=O)N3C2N1. The van der Waals surface area contributed by atoms with E-state index in [2.05, 4.69) is 21.2 Å². The number of nitrogens with one attached hydrogen (secondary N) is 3. The summed E-state index contributed by atoms with van der Waals surface area (Å²) in [6.07, 6.45) is -0.675. The molecule has 2 unspecified atom stereocenters. The van der Waals surface area contributed by atoms with E-state index in [9.17, 15) is 9.59 Å². The number of amides is 3. The van der Waals surface area contributed by atoms with Crippen LogP contribution in [0.15, 0.2) is 5.10 Å². The third-order valence-corrected chi connectivity index (χ3v) is 3.20. The number of hydrogen-bond acceptors (Lipinski definition) is 5. The van der Waals surface area contributed by atoms with E-state index < -0.39 is 0 Å². The van der Waals surface area contributed by atoms with Crippen LogP contribution in [0.5, 0.6) is 0 Å². The highest BCUT2D eigenvalue weighted by molar-refractivity contribution is 8.15. The fourth-order valence-corrected chi connectivity index (χ4v) is 2.52. The summed E-state index contributed by atoms with van der Waals surface area (Å²) in [6.45, 7) is 0. The maximum absolute atomic E-state index is 11.5. The number of amidine groups is 1. The Kier molecular flexibility index (Phi) is 1.43. The van der Waals surface area contributed by atoms with E-state index in [-0.39, 0.29) is 24.3 Å².